The summed E-state index contributed by atoms with van der Waals surface area (Å²) in [4.78, 5) is 5.81. The Morgan fingerprint density at radius 1 is 1.35 bits per heavy atom. The van der Waals surface area contributed by atoms with Gasteiger partial charge in [-0.25, -0.2) is 0 Å². The van der Waals surface area contributed by atoms with Crippen LogP contribution in [-0.4, -0.2) is 29.5 Å². The number of aromatic amines is 1. The van der Waals surface area contributed by atoms with E-state index in [0.29, 0.717) is 12.0 Å². The van der Waals surface area contributed by atoms with Crippen molar-refractivity contribution in [3.05, 3.63) is 45.0 Å². The number of H-pyrrole nitrogens is 1. The number of fused-ring (bicyclic) bond motifs is 1. The summed E-state index contributed by atoms with van der Waals surface area (Å²) >= 11 is 7.43. The second kappa shape index (κ2) is 5.66. The number of nitrogens with zero attached hydrogens (tertiary/aromatic N) is 1. The average molecular weight is 398 g/mol. The van der Waals surface area contributed by atoms with Crippen molar-refractivity contribution in [2.45, 2.75) is 19.4 Å². The fourth-order valence-electron chi connectivity index (χ4n) is 3.06. The quantitative estimate of drug-likeness (QED) is 0.777. The molecule has 1 aromatic carbocycles. The predicted octanol–water partition coefficient (Wildman–Crippen LogP) is 4.70. The van der Waals surface area contributed by atoms with E-state index in [9.17, 15) is 0 Å². The van der Waals surface area contributed by atoms with Gasteiger partial charge >= 0.3 is 0 Å². The number of hydrogen-bond donors (Lipinski definition) is 1. The van der Waals surface area contributed by atoms with Crippen LogP contribution in [0.3, 0.4) is 0 Å². The Morgan fingerprint density at radius 2 is 2.15 bits per heavy atom. The molecular weight excluding hydrogens is 380 g/mol. The van der Waals surface area contributed by atoms with Gasteiger partial charge in [-0.15, -0.1) is 0 Å². The molecule has 20 heavy (non-hydrogen) atoms. The van der Waals surface area contributed by atoms with Gasteiger partial charge in [-0.05, 0) is 37.1 Å². The van der Waals surface area contributed by atoms with Gasteiger partial charge in [-0.3, -0.25) is 4.90 Å². The molecule has 0 saturated heterocycles. The SMILES string of the molecule is C[C@@H]1C=C(Br)[C@@H](Cc2c[nH]c3cccc(Br)c23)N(C)C1. The number of likely N-dealkylation sites (N-methyl/N-ethyl adjacent to an activating group) is 1. The molecule has 0 saturated carbocycles. The topological polar surface area (TPSA) is 19.0 Å². The van der Waals surface area contributed by atoms with Gasteiger partial charge in [0, 0.05) is 38.6 Å². The Labute approximate surface area is 136 Å². The maximum Gasteiger partial charge on any atom is 0.0468 e. The van der Waals surface area contributed by atoms with Crippen molar-refractivity contribution in [3.63, 3.8) is 0 Å². The van der Waals surface area contributed by atoms with Crippen molar-refractivity contribution in [1.82, 2.24) is 9.88 Å². The molecule has 1 aromatic heterocycles. The summed E-state index contributed by atoms with van der Waals surface area (Å²) in [6.45, 7) is 3.37. The van der Waals surface area contributed by atoms with Crippen molar-refractivity contribution >= 4 is 42.8 Å². The second-order valence-corrected chi connectivity index (χ2v) is 7.43. The Bertz CT molecular complexity index is 660. The minimum atomic E-state index is 0.428. The fourth-order valence-corrected chi connectivity index (χ4v) is 4.64. The van der Waals surface area contributed by atoms with Crippen LogP contribution in [0.15, 0.2) is 39.4 Å². The van der Waals surface area contributed by atoms with Crippen LogP contribution in [-0.2, 0) is 6.42 Å². The predicted molar refractivity (Wildman–Crippen MR) is 92.3 cm³/mol. The first-order valence-electron chi connectivity index (χ1n) is 6.88. The summed E-state index contributed by atoms with van der Waals surface area (Å²) in [7, 11) is 2.21. The number of halogens is 2. The lowest BCUT2D eigenvalue weighted by molar-refractivity contribution is 0.241. The van der Waals surface area contributed by atoms with Gasteiger partial charge in [0.05, 0.1) is 0 Å². The summed E-state index contributed by atoms with van der Waals surface area (Å²) in [6, 6.07) is 6.73. The van der Waals surface area contributed by atoms with Gasteiger partial charge in [-0.2, -0.15) is 0 Å². The van der Waals surface area contributed by atoms with Crippen LogP contribution in [0.25, 0.3) is 10.9 Å². The van der Waals surface area contributed by atoms with Crippen LogP contribution in [0.4, 0.5) is 0 Å². The maximum atomic E-state index is 3.76. The molecule has 1 aliphatic heterocycles. The van der Waals surface area contributed by atoms with Crippen molar-refractivity contribution < 1.29 is 0 Å². The van der Waals surface area contributed by atoms with Gasteiger partial charge < -0.3 is 4.98 Å². The molecule has 4 heteroatoms. The first kappa shape index (κ1) is 14.4. The van der Waals surface area contributed by atoms with Gasteiger partial charge in [0.15, 0.2) is 0 Å². The van der Waals surface area contributed by atoms with Crippen LogP contribution >= 0.6 is 31.9 Å². The summed E-state index contributed by atoms with van der Waals surface area (Å²) < 4.78 is 2.47. The molecule has 1 aliphatic rings. The molecule has 2 nitrogen and oxygen atoms in total. The number of hydrogen-bond acceptors (Lipinski definition) is 1. The number of benzene rings is 1. The molecule has 0 radical (unpaired) electrons. The molecule has 0 bridgehead atoms. The van der Waals surface area contributed by atoms with Crippen LogP contribution in [0.2, 0.25) is 0 Å². The van der Waals surface area contributed by atoms with E-state index in [1.807, 2.05) is 0 Å². The minimum absolute atomic E-state index is 0.428. The van der Waals surface area contributed by atoms with E-state index >= 15 is 0 Å². The molecule has 0 aliphatic carbocycles. The van der Waals surface area contributed by atoms with Crippen molar-refractivity contribution in [2.24, 2.45) is 5.92 Å². The summed E-state index contributed by atoms with van der Waals surface area (Å²) in [5.74, 6) is 0.611. The largest absolute Gasteiger partial charge is 0.361 e. The van der Waals surface area contributed by atoms with Crippen LogP contribution in [0.5, 0.6) is 0 Å². The van der Waals surface area contributed by atoms with Crippen LogP contribution in [0.1, 0.15) is 12.5 Å². The molecule has 106 valence electrons. The number of nitrogens with one attached hydrogen (secondary N) is 1. The molecule has 1 N–H and O–H groups in total. The maximum absolute atomic E-state index is 3.76. The molecule has 0 unspecified atom stereocenters. The lowest BCUT2D eigenvalue weighted by atomic mass is 9.97. The highest BCUT2D eigenvalue weighted by molar-refractivity contribution is 9.11. The average Bonchev–Trinajstić information content (AvgIpc) is 2.78. The normalized spacial score (nSPS) is 24.1. The van der Waals surface area contributed by atoms with E-state index in [-0.39, 0.29) is 0 Å². The van der Waals surface area contributed by atoms with Gasteiger partial charge in [0.1, 0.15) is 0 Å². The van der Waals surface area contributed by atoms with Gasteiger partial charge in [-0.1, -0.05) is 50.9 Å². The van der Waals surface area contributed by atoms with E-state index in [1.165, 1.54) is 20.9 Å². The molecule has 0 amide bonds. The minimum Gasteiger partial charge on any atom is -0.361 e. The van der Waals surface area contributed by atoms with Crippen molar-refractivity contribution in [1.29, 1.82) is 0 Å². The Hall–Kier alpha value is -0.580. The molecule has 2 atom stereocenters. The first-order valence-corrected chi connectivity index (χ1v) is 8.47. The number of rotatable bonds is 2. The molecule has 3 rings (SSSR count). The van der Waals surface area contributed by atoms with E-state index in [1.54, 1.807) is 0 Å². The Morgan fingerprint density at radius 3 is 2.90 bits per heavy atom. The third-order valence-corrected chi connectivity index (χ3v) is 5.47. The van der Waals surface area contributed by atoms with E-state index < -0.39 is 0 Å². The van der Waals surface area contributed by atoms with Gasteiger partial charge in [0.25, 0.3) is 0 Å². The van der Waals surface area contributed by atoms with Crippen LogP contribution < -0.4 is 0 Å². The van der Waals surface area contributed by atoms with Crippen molar-refractivity contribution in [2.75, 3.05) is 13.6 Å². The smallest absolute Gasteiger partial charge is 0.0468 e. The fraction of sp³-hybridized carbons (Fsp3) is 0.375. The first-order chi connectivity index (χ1) is 9.56. The Balaban J connectivity index is 1.95. The summed E-state index contributed by atoms with van der Waals surface area (Å²) in [6.07, 6.45) is 5.50. The summed E-state index contributed by atoms with van der Waals surface area (Å²) in [5, 5.41) is 1.31. The second-order valence-electron chi connectivity index (χ2n) is 5.66. The third kappa shape index (κ3) is 2.61. The van der Waals surface area contributed by atoms with Crippen molar-refractivity contribution in [3.8, 4) is 0 Å². The molecule has 0 spiro atoms. The number of aromatic nitrogens is 1. The molecule has 0 fully saturated rings. The highest BCUT2D eigenvalue weighted by Crippen LogP contribution is 2.32. The zero-order valence-corrected chi connectivity index (χ0v) is 14.8. The molecule has 2 heterocycles. The molecular formula is C16H18Br2N2. The lowest BCUT2D eigenvalue weighted by Crippen LogP contribution is -2.39. The zero-order chi connectivity index (χ0) is 14.3. The third-order valence-electron chi connectivity index (χ3n) is 4.02. The Kier molecular flexibility index (Phi) is 4.07. The highest BCUT2D eigenvalue weighted by Gasteiger charge is 2.25. The van der Waals surface area contributed by atoms with Crippen LogP contribution in [0, 0.1) is 5.92 Å². The lowest BCUT2D eigenvalue weighted by Gasteiger charge is -2.34. The zero-order valence-electron chi connectivity index (χ0n) is 11.7. The summed E-state index contributed by atoms with van der Waals surface area (Å²) in [5.41, 5.74) is 2.56. The standard InChI is InChI=1S/C16H18Br2N2/c1-10-6-13(18)15(20(2)9-10)7-11-8-19-14-5-3-4-12(17)16(11)14/h3-6,8,10,15,19H,7,9H2,1-2H3/t10-,15-/m1/s1. The monoisotopic (exact) mass is 396 g/mol. The van der Waals surface area contributed by atoms with E-state index in [4.69, 9.17) is 0 Å². The highest BCUT2D eigenvalue weighted by atomic mass is 79.9. The van der Waals surface area contributed by atoms with E-state index in [0.717, 1.165) is 17.4 Å². The van der Waals surface area contributed by atoms with Gasteiger partial charge in [0.2, 0.25) is 0 Å². The molecule has 2 aromatic rings. The van der Waals surface area contributed by atoms with E-state index in [2.05, 4.69) is 86.2 Å².